The van der Waals surface area contributed by atoms with Crippen molar-refractivity contribution in [1.82, 2.24) is 24.1 Å². The molecule has 0 aliphatic carbocycles. The Hall–Kier alpha value is -5.29. The number of aromatic nitrogens is 5. The Morgan fingerprint density at radius 2 is 0.816 bits per heavy atom. The number of benzene rings is 5. The quantitative estimate of drug-likeness (QED) is 0.248. The number of hydrogen-bond donors (Lipinski definition) is 0. The van der Waals surface area contributed by atoms with E-state index in [0.717, 1.165) is 9.13 Å². The molecule has 0 amide bonds. The summed E-state index contributed by atoms with van der Waals surface area (Å²) in [5.74, 6) is -0.986. The summed E-state index contributed by atoms with van der Waals surface area (Å²) in [7, 11) is 0. The van der Waals surface area contributed by atoms with Gasteiger partial charge < -0.3 is 0 Å². The van der Waals surface area contributed by atoms with E-state index in [1.807, 2.05) is 0 Å². The van der Waals surface area contributed by atoms with Gasteiger partial charge in [-0.1, -0.05) is 103 Å². The minimum absolute atomic E-state index is 0.107. The van der Waals surface area contributed by atoms with Gasteiger partial charge in [0.25, 0.3) is 0 Å². The van der Waals surface area contributed by atoms with Gasteiger partial charge in [0.05, 0.1) is 44.0 Å². The SMILES string of the molecule is [2H]c1c([2H])c([2H])c2c(c1[2H])c1c([2H])c([2H])c([2H])c([2H])c1n2-c1nc(-c2ccccc2)nc(-n2c3c([2H])c([2H])c([2H])c([2H])c3c3c([2H])c([2H])c([2H])c([2H])c32)n1. The minimum Gasteiger partial charge on any atom is -0.278 e. The lowest BCUT2D eigenvalue weighted by atomic mass is 10.2. The monoisotopic (exact) mass is 503 g/mol. The van der Waals surface area contributed by atoms with Crippen molar-refractivity contribution in [2.24, 2.45) is 0 Å². The van der Waals surface area contributed by atoms with Crippen LogP contribution in [0.4, 0.5) is 0 Å². The zero-order valence-electron chi connectivity index (χ0n) is 35.1. The number of rotatable bonds is 3. The largest absolute Gasteiger partial charge is 0.278 e. The highest BCUT2D eigenvalue weighted by atomic mass is 15.3. The molecule has 0 aliphatic rings. The normalized spacial score (nSPS) is 17.6. The van der Waals surface area contributed by atoms with E-state index < -0.39 is 109 Å². The Morgan fingerprint density at radius 1 is 0.447 bits per heavy atom. The fourth-order valence-corrected chi connectivity index (χ4v) is 4.51. The van der Waals surface area contributed by atoms with Gasteiger partial charge in [-0.05, 0) is 24.2 Å². The molecule has 3 aromatic heterocycles. The smallest absolute Gasteiger partial charge is 0.240 e. The van der Waals surface area contributed by atoms with Crippen LogP contribution in [-0.2, 0) is 0 Å². The van der Waals surface area contributed by atoms with Gasteiger partial charge in [0, 0.05) is 27.1 Å². The van der Waals surface area contributed by atoms with Crippen molar-refractivity contribution in [2.45, 2.75) is 0 Å². The molecule has 8 rings (SSSR count). The first kappa shape index (κ1) is 10.6. The second-order valence-electron chi connectivity index (χ2n) is 8.19. The van der Waals surface area contributed by atoms with Crippen LogP contribution < -0.4 is 0 Å². The van der Waals surface area contributed by atoms with Crippen molar-refractivity contribution in [3.63, 3.8) is 0 Å². The maximum Gasteiger partial charge on any atom is 0.240 e. The average molecular weight is 504 g/mol. The van der Waals surface area contributed by atoms with E-state index in [1.165, 1.54) is 0 Å². The summed E-state index contributed by atoms with van der Waals surface area (Å²) in [6.45, 7) is 0. The summed E-state index contributed by atoms with van der Waals surface area (Å²) in [4.78, 5) is 13.9. The van der Waals surface area contributed by atoms with Crippen LogP contribution in [0.2, 0.25) is 0 Å². The molecule has 0 radical (unpaired) electrons. The van der Waals surface area contributed by atoms with Crippen LogP contribution >= 0.6 is 0 Å². The lowest BCUT2D eigenvalue weighted by Gasteiger charge is -2.12. The van der Waals surface area contributed by atoms with Gasteiger partial charge >= 0.3 is 0 Å². The summed E-state index contributed by atoms with van der Waals surface area (Å²) in [6, 6.07) is -1.93. The van der Waals surface area contributed by atoms with Crippen molar-refractivity contribution >= 4 is 43.6 Å². The van der Waals surface area contributed by atoms with Gasteiger partial charge in [0.2, 0.25) is 11.9 Å². The van der Waals surface area contributed by atoms with Gasteiger partial charge in [0.15, 0.2) is 5.82 Å². The van der Waals surface area contributed by atoms with Gasteiger partial charge in [-0.3, -0.25) is 9.13 Å². The van der Waals surface area contributed by atoms with Crippen molar-refractivity contribution in [1.29, 1.82) is 0 Å². The third-order valence-corrected chi connectivity index (χ3v) is 6.11. The molecule has 5 aromatic carbocycles. The maximum atomic E-state index is 8.94. The molecule has 0 bridgehead atoms. The molecule has 5 heteroatoms. The second-order valence-corrected chi connectivity index (χ2v) is 8.19. The minimum atomic E-state index is -0.682. The molecule has 5 nitrogen and oxygen atoms in total. The molecule has 0 spiro atoms. The molecule has 0 atom stereocenters. The van der Waals surface area contributed by atoms with E-state index in [-0.39, 0.29) is 49.4 Å². The molecule has 0 saturated heterocycles. The zero-order chi connectivity index (χ0) is 39.0. The lowest BCUT2D eigenvalue weighted by molar-refractivity contribution is 0.893. The topological polar surface area (TPSA) is 48.5 Å². The third kappa shape index (κ3) is 3.02. The molecule has 0 aliphatic heterocycles. The van der Waals surface area contributed by atoms with Crippen molar-refractivity contribution < 1.29 is 21.9 Å². The molecule has 8 aromatic rings. The third-order valence-electron chi connectivity index (χ3n) is 6.11. The van der Waals surface area contributed by atoms with Crippen LogP contribution in [0.1, 0.15) is 21.9 Å². The van der Waals surface area contributed by atoms with Gasteiger partial charge in [-0.2, -0.15) is 15.0 Å². The summed E-state index contributed by atoms with van der Waals surface area (Å²) in [5.41, 5.74) is -0.845. The molecule has 0 N–H and O–H groups in total. The summed E-state index contributed by atoms with van der Waals surface area (Å²) in [6.07, 6.45) is 0. The number of nitrogens with zero attached hydrogens (tertiary/aromatic N) is 5. The number of hydrogen-bond acceptors (Lipinski definition) is 3. The van der Waals surface area contributed by atoms with E-state index in [4.69, 9.17) is 21.9 Å². The van der Waals surface area contributed by atoms with Crippen molar-refractivity contribution in [3.8, 4) is 23.3 Å². The molecule has 0 unspecified atom stereocenters. The highest BCUT2D eigenvalue weighted by molar-refractivity contribution is 6.10. The van der Waals surface area contributed by atoms with Crippen LogP contribution in [0, 0.1) is 0 Å². The van der Waals surface area contributed by atoms with E-state index >= 15 is 0 Å². The standard InChI is InChI=1S/C33H21N5/c1-2-12-22(13-3-1)31-34-32(37-27-18-8-4-14-23(27)24-15-5-9-19-28(24)37)36-33(35-31)38-29-20-10-6-16-25(29)26-17-7-11-21-30(26)38/h1-21H/i4D,5D,6D,7D,8D,9D,10D,11D,14D,15D,16D,17D,18D,19D,20D,21D. The summed E-state index contributed by atoms with van der Waals surface area (Å²) < 4.78 is 141. The summed E-state index contributed by atoms with van der Waals surface area (Å²) >= 11 is 0. The Balaban J connectivity index is 1.66. The van der Waals surface area contributed by atoms with Gasteiger partial charge in [-0.15, -0.1) is 0 Å². The van der Waals surface area contributed by atoms with E-state index in [2.05, 4.69) is 15.0 Å². The first-order valence-electron chi connectivity index (χ1n) is 19.3. The first-order chi connectivity index (χ1) is 25.5. The lowest BCUT2D eigenvalue weighted by Crippen LogP contribution is -2.10. The summed E-state index contributed by atoms with van der Waals surface area (Å²) in [5, 5.41) is -0.977. The number of fused-ring (bicyclic) bond motifs is 6. The van der Waals surface area contributed by atoms with Crippen molar-refractivity contribution in [2.75, 3.05) is 0 Å². The van der Waals surface area contributed by atoms with E-state index in [0.29, 0.717) is 5.56 Å². The Kier molecular flexibility index (Phi) is 2.26. The van der Waals surface area contributed by atoms with E-state index in [1.54, 1.807) is 30.3 Å². The fraction of sp³-hybridized carbons (Fsp3) is 0. The fourth-order valence-electron chi connectivity index (χ4n) is 4.51. The highest BCUT2D eigenvalue weighted by Crippen LogP contribution is 2.34. The number of para-hydroxylation sites is 4. The van der Waals surface area contributed by atoms with Gasteiger partial charge in [0.1, 0.15) is 0 Å². The first-order valence-corrected chi connectivity index (χ1v) is 11.3. The molecular weight excluding hydrogens is 466 g/mol. The Bertz CT molecular complexity index is 2680. The van der Waals surface area contributed by atoms with Crippen LogP contribution in [0.15, 0.2) is 127 Å². The van der Waals surface area contributed by atoms with E-state index in [9.17, 15) is 0 Å². The van der Waals surface area contributed by atoms with Crippen LogP contribution in [0.5, 0.6) is 0 Å². The maximum absolute atomic E-state index is 8.94. The van der Waals surface area contributed by atoms with Crippen LogP contribution in [-0.4, -0.2) is 24.1 Å². The molecule has 0 saturated carbocycles. The highest BCUT2D eigenvalue weighted by Gasteiger charge is 2.19. The van der Waals surface area contributed by atoms with Crippen LogP contribution in [0.25, 0.3) is 66.9 Å². The predicted octanol–water partition coefficient (Wildman–Crippen LogP) is 7.73. The molecule has 38 heavy (non-hydrogen) atoms. The second kappa shape index (κ2) is 8.11. The van der Waals surface area contributed by atoms with Crippen molar-refractivity contribution in [3.05, 3.63) is 127 Å². The zero-order valence-corrected chi connectivity index (χ0v) is 19.1. The van der Waals surface area contributed by atoms with Gasteiger partial charge in [-0.25, -0.2) is 0 Å². The molecule has 3 heterocycles. The Labute approximate surface area is 240 Å². The van der Waals surface area contributed by atoms with Crippen LogP contribution in [0.3, 0.4) is 0 Å². The molecular formula is C33H21N5. The predicted molar refractivity (Wildman–Crippen MR) is 154 cm³/mol. The molecule has 178 valence electrons. The Morgan fingerprint density at radius 3 is 1.21 bits per heavy atom. The average Bonchev–Trinajstić information content (AvgIpc) is 3.73. The molecule has 0 fully saturated rings.